The summed E-state index contributed by atoms with van der Waals surface area (Å²) in [6, 6.07) is 0. The molecule has 0 amide bonds. The summed E-state index contributed by atoms with van der Waals surface area (Å²) in [5.41, 5.74) is -0.118. The quantitative estimate of drug-likeness (QED) is 0.723. The Labute approximate surface area is 117 Å². The van der Waals surface area contributed by atoms with E-state index in [-0.39, 0.29) is 12.1 Å². The van der Waals surface area contributed by atoms with E-state index in [4.69, 9.17) is 0 Å². The average Bonchev–Trinajstić information content (AvgIpc) is 2.86. The number of nitrogens with one attached hydrogen (secondary N) is 1. The maximum absolute atomic E-state index is 9.63. The zero-order valence-electron chi connectivity index (χ0n) is 12.8. The molecule has 2 N–H and O–H groups in total. The van der Waals surface area contributed by atoms with Crippen LogP contribution in [0.25, 0.3) is 0 Å². The van der Waals surface area contributed by atoms with Gasteiger partial charge in [0.2, 0.25) is 0 Å². The second kappa shape index (κ2) is 7.65. The molecule has 0 aromatic carbocycles. The average molecular weight is 267 g/mol. The van der Waals surface area contributed by atoms with Crippen LogP contribution in [0.3, 0.4) is 0 Å². The molecule has 19 heavy (non-hydrogen) atoms. The van der Waals surface area contributed by atoms with Crippen LogP contribution in [-0.4, -0.2) is 33.3 Å². The Morgan fingerprint density at radius 3 is 2.68 bits per heavy atom. The Morgan fingerprint density at radius 2 is 2.16 bits per heavy atom. The fraction of sp³-hybridized carbons (Fsp3) is 0.800. The van der Waals surface area contributed by atoms with Crippen LogP contribution in [0, 0.1) is 0 Å². The number of hydrogen-bond acceptors (Lipinski definition) is 3. The molecule has 1 unspecified atom stereocenters. The van der Waals surface area contributed by atoms with Gasteiger partial charge in [0, 0.05) is 30.4 Å². The van der Waals surface area contributed by atoms with Gasteiger partial charge in [0.15, 0.2) is 0 Å². The van der Waals surface area contributed by atoms with Gasteiger partial charge in [-0.2, -0.15) is 0 Å². The van der Waals surface area contributed by atoms with E-state index in [1.165, 1.54) is 0 Å². The lowest BCUT2D eigenvalue weighted by molar-refractivity contribution is 0.144. The maximum Gasteiger partial charge on any atom is 0.111 e. The van der Waals surface area contributed by atoms with E-state index in [1.807, 2.05) is 6.20 Å². The van der Waals surface area contributed by atoms with Crippen molar-refractivity contribution in [1.82, 2.24) is 14.9 Å². The van der Waals surface area contributed by atoms with E-state index < -0.39 is 0 Å². The van der Waals surface area contributed by atoms with Crippen LogP contribution in [0.5, 0.6) is 0 Å². The molecule has 1 heterocycles. The molecule has 0 aliphatic heterocycles. The maximum atomic E-state index is 9.63. The first-order chi connectivity index (χ1) is 9.08. The van der Waals surface area contributed by atoms with Gasteiger partial charge in [-0.3, -0.25) is 0 Å². The Morgan fingerprint density at radius 1 is 1.42 bits per heavy atom. The molecular formula is C15H29N3O. The zero-order valence-corrected chi connectivity index (χ0v) is 12.8. The van der Waals surface area contributed by atoms with Gasteiger partial charge in [0.1, 0.15) is 5.82 Å². The first kappa shape index (κ1) is 16.2. The van der Waals surface area contributed by atoms with Crippen LogP contribution in [0.15, 0.2) is 12.4 Å². The summed E-state index contributed by atoms with van der Waals surface area (Å²) >= 11 is 0. The highest BCUT2D eigenvalue weighted by Gasteiger charge is 2.25. The van der Waals surface area contributed by atoms with Crippen molar-refractivity contribution in [3.8, 4) is 0 Å². The van der Waals surface area contributed by atoms with Crippen molar-refractivity contribution < 1.29 is 5.11 Å². The summed E-state index contributed by atoms with van der Waals surface area (Å²) in [4.78, 5) is 4.41. The summed E-state index contributed by atoms with van der Waals surface area (Å²) in [5, 5.41) is 13.1. The Kier molecular flexibility index (Phi) is 6.52. The van der Waals surface area contributed by atoms with E-state index in [0.29, 0.717) is 5.92 Å². The van der Waals surface area contributed by atoms with E-state index >= 15 is 0 Å². The smallest absolute Gasteiger partial charge is 0.111 e. The molecule has 0 spiro atoms. The van der Waals surface area contributed by atoms with Crippen LogP contribution < -0.4 is 5.32 Å². The number of aliphatic hydroxyl groups excluding tert-OH is 1. The lowest BCUT2D eigenvalue weighted by Gasteiger charge is -2.32. The van der Waals surface area contributed by atoms with Crippen molar-refractivity contribution >= 4 is 0 Å². The summed E-state index contributed by atoms with van der Waals surface area (Å²) < 4.78 is 2.23. The van der Waals surface area contributed by atoms with Crippen LogP contribution >= 0.6 is 0 Å². The Bertz CT molecular complexity index is 356. The van der Waals surface area contributed by atoms with Crippen molar-refractivity contribution in [2.75, 3.05) is 13.2 Å². The molecule has 1 aromatic heterocycles. The van der Waals surface area contributed by atoms with Gasteiger partial charge in [-0.1, -0.05) is 27.7 Å². The minimum atomic E-state index is -0.118. The molecule has 1 atom stereocenters. The van der Waals surface area contributed by atoms with Crippen LogP contribution in [0.2, 0.25) is 0 Å². The van der Waals surface area contributed by atoms with Gasteiger partial charge in [0.25, 0.3) is 0 Å². The monoisotopic (exact) mass is 267 g/mol. The van der Waals surface area contributed by atoms with Gasteiger partial charge < -0.3 is 15.0 Å². The van der Waals surface area contributed by atoms with E-state index in [0.717, 1.165) is 38.2 Å². The predicted octanol–water partition coefficient (Wildman–Crippen LogP) is 2.54. The summed E-state index contributed by atoms with van der Waals surface area (Å²) in [5.74, 6) is 1.60. The minimum Gasteiger partial charge on any atom is -0.394 e. The molecule has 1 aromatic rings. The van der Waals surface area contributed by atoms with Gasteiger partial charge >= 0.3 is 0 Å². The van der Waals surface area contributed by atoms with Crippen molar-refractivity contribution in [2.24, 2.45) is 0 Å². The van der Waals surface area contributed by atoms with Gasteiger partial charge in [0.05, 0.1) is 6.61 Å². The first-order valence-corrected chi connectivity index (χ1v) is 7.45. The number of likely N-dealkylation sites (N-methyl/N-ethyl adjacent to an activating group) is 1. The van der Waals surface area contributed by atoms with Gasteiger partial charge in [-0.25, -0.2) is 4.98 Å². The topological polar surface area (TPSA) is 50.1 Å². The van der Waals surface area contributed by atoms with Gasteiger partial charge in [-0.15, -0.1) is 0 Å². The molecular weight excluding hydrogens is 238 g/mol. The first-order valence-electron chi connectivity index (χ1n) is 7.45. The van der Waals surface area contributed by atoms with Crippen LogP contribution in [-0.2, 0) is 6.54 Å². The Balaban J connectivity index is 2.54. The molecule has 4 heteroatoms. The molecule has 4 nitrogen and oxygen atoms in total. The standard InChI is InChI=1S/C15H29N3O/c1-5-15(12-19,17-6-2)8-7-10-18-11-9-16-14(18)13(3)4/h9,11,13,17,19H,5-8,10,12H2,1-4H3. The molecule has 0 saturated heterocycles. The number of aliphatic hydroxyl groups is 1. The third kappa shape index (κ3) is 4.32. The summed E-state index contributed by atoms with van der Waals surface area (Å²) in [7, 11) is 0. The largest absolute Gasteiger partial charge is 0.394 e. The minimum absolute atomic E-state index is 0.118. The highest BCUT2D eigenvalue weighted by molar-refractivity contribution is 4.97. The number of imidazole rings is 1. The SMILES string of the molecule is CCNC(CC)(CO)CCCn1ccnc1C(C)C. The lowest BCUT2D eigenvalue weighted by Crippen LogP contribution is -2.48. The van der Waals surface area contributed by atoms with Crippen LogP contribution in [0.4, 0.5) is 0 Å². The second-order valence-electron chi connectivity index (χ2n) is 5.56. The molecule has 0 aliphatic carbocycles. The molecule has 1 rings (SSSR count). The van der Waals surface area contributed by atoms with Crippen molar-refractivity contribution in [3.63, 3.8) is 0 Å². The number of rotatable bonds is 9. The number of hydrogen-bond donors (Lipinski definition) is 2. The van der Waals surface area contributed by atoms with Crippen molar-refractivity contribution in [2.45, 2.75) is 65.0 Å². The van der Waals surface area contributed by atoms with Crippen LogP contribution in [0.1, 0.15) is 58.7 Å². The molecule has 0 radical (unpaired) electrons. The summed E-state index contributed by atoms with van der Waals surface area (Å²) in [6.45, 7) is 10.6. The molecule has 0 fully saturated rings. The normalized spacial score (nSPS) is 14.8. The zero-order chi connectivity index (χ0) is 14.3. The fourth-order valence-electron chi connectivity index (χ4n) is 2.61. The number of aryl methyl sites for hydroxylation is 1. The number of aromatic nitrogens is 2. The van der Waals surface area contributed by atoms with E-state index in [1.54, 1.807) is 0 Å². The van der Waals surface area contributed by atoms with Crippen molar-refractivity contribution in [3.05, 3.63) is 18.2 Å². The highest BCUT2D eigenvalue weighted by Crippen LogP contribution is 2.19. The van der Waals surface area contributed by atoms with Gasteiger partial charge in [-0.05, 0) is 25.8 Å². The molecule has 0 aliphatic rings. The predicted molar refractivity (Wildman–Crippen MR) is 79.3 cm³/mol. The lowest BCUT2D eigenvalue weighted by atomic mass is 9.91. The van der Waals surface area contributed by atoms with E-state index in [9.17, 15) is 5.11 Å². The Hall–Kier alpha value is -0.870. The molecule has 0 saturated carbocycles. The summed E-state index contributed by atoms with van der Waals surface area (Å²) in [6.07, 6.45) is 6.92. The fourth-order valence-corrected chi connectivity index (χ4v) is 2.61. The third-order valence-corrected chi connectivity index (χ3v) is 3.85. The highest BCUT2D eigenvalue weighted by atomic mass is 16.3. The second-order valence-corrected chi connectivity index (χ2v) is 5.56. The van der Waals surface area contributed by atoms with Crippen molar-refractivity contribution in [1.29, 1.82) is 0 Å². The number of nitrogens with zero attached hydrogens (tertiary/aromatic N) is 2. The molecule has 110 valence electrons. The molecule has 0 bridgehead atoms. The van der Waals surface area contributed by atoms with E-state index in [2.05, 4.69) is 48.8 Å². The third-order valence-electron chi connectivity index (χ3n) is 3.85.